The van der Waals surface area contributed by atoms with E-state index in [1.54, 1.807) is 13.0 Å². The molecule has 0 aliphatic carbocycles. The van der Waals surface area contributed by atoms with Crippen molar-refractivity contribution in [2.45, 2.75) is 51.2 Å². The molecule has 2 atom stereocenters. The lowest BCUT2D eigenvalue weighted by Crippen LogP contribution is -2.53. The van der Waals surface area contributed by atoms with E-state index in [2.05, 4.69) is 0 Å². The SMILES string of the molecule is Cc1cc(N)cc(C(C)(C)CC(O)(c2ccc(C(=O)O)c(C)c2)C(N)C(=O)O)c1. The van der Waals surface area contributed by atoms with E-state index in [-0.39, 0.29) is 17.5 Å². The fourth-order valence-electron chi connectivity index (χ4n) is 3.75. The maximum absolute atomic E-state index is 11.7. The van der Waals surface area contributed by atoms with Crippen LogP contribution in [0.5, 0.6) is 0 Å². The van der Waals surface area contributed by atoms with Gasteiger partial charge in [0.1, 0.15) is 11.6 Å². The summed E-state index contributed by atoms with van der Waals surface area (Å²) in [6, 6.07) is 8.18. The van der Waals surface area contributed by atoms with Gasteiger partial charge in [-0.05, 0) is 66.1 Å². The van der Waals surface area contributed by atoms with Crippen LogP contribution < -0.4 is 11.5 Å². The zero-order valence-corrected chi connectivity index (χ0v) is 17.1. The number of carboxylic acid groups (broad SMARTS) is 2. The van der Waals surface area contributed by atoms with Gasteiger partial charge in [0.2, 0.25) is 0 Å². The number of benzene rings is 2. The predicted molar refractivity (Wildman–Crippen MR) is 111 cm³/mol. The number of hydrogen-bond donors (Lipinski definition) is 5. The maximum Gasteiger partial charge on any atom is 0.335 e. The molecule has 0 bridgehead atoms. The van der Waals surface area contributed by atoms with E-state index in [9.17, 15) is 24.9 Å². The van der Waals surface area contributed by atoms with Crippen molar-refractivity contribution < 1.29 is 24.9 Å². The Morgan fingerprint density at radius 2 is 1.66 bits per heavy atom. The van der Waals surface area contributed by atoms with E-state index < -0.39 is 29.0 Å². The molecule has 0 amide bonds. The van der Waals surface area contributed by atoms with E-state index >= 15 is 0 Å². The second-order valence-electron chi connectivity index (χ2n) is 8.27. The third kappa shape index (κ3) is 4.58. The van der Waals surface area contributed by atoms with Crippen molar-refractivity contribution in [1.29, 1.82) is 0 Å². The van der Waals surface area contributed by atoms with Crippen LogP contribution in [0.3, 0.4) is 0 Å². The average Bonchev–Trinajstić information content (AvgIpc) is 2.59. The van der Waals surface area contributed by atoms with Gasteiger partial charge in [-0.25, -0.2) is 4.79 Å². The quantitative estimate of drug-likeness (QED) is 0.449. The molecule has 7 nitrogen and oxygen atoms in total. The molecule has 7 heteroatoms. The summed E-state index contributed by atoms with van der Waals surface area (Å²) in [5.41, 5.74) is 12.4. The third-order valence-electron chi connectivity index (χ3n) is 5.33. The lowest BCUT2D eigenvalue weighted by atomic mass is 9.70. The van der Waals surface area contributed by atoms with Gasteiger partial charge >= 0.3 is 11.9 Å². The highest BCUT2D eigenvalue weighted by Crippen LogP contribution is 2.40. The lowest BCUT2D eigenvalue weighted by molar-refractivity contribution is -0.147. The molecule has 0 aromatic heterocycles. The Kier molecular flexibility index (Phi) is 6.06. The third-order valence-corrected chi connectivity index (χ3v) is 5.33. The van der Waals surface area contributed by atoms with Crippen LogP contribution in [0.4, 0.5) is 5.69 Å². The number of carbonyl (C=O) groups is 2. The number of rotatable bonds is 7. The molecule has 0 heterocycles. The Morgan fingerprint density at radius 3 is 2.14 bits per heavy atom. The van der Waals surface area contributed by atoms with Crippen molar-refractivity contribution in [2.24, 2.45) is 5.73 Å². The molecule has 0 spiro atoms. The second-order valence-corrected chi connectivity index (χ2v) is 8.27. The van der Waals surface area contributed by atoms with Crippen molar-refractivity contribution in [2.75, 3.05) is 5.73 Å². The molecule has 7 N–H and O–H groups in total. The van der Waals surface area contributed by atoms with Gasteiger partial charge in [0, 0.05) is 5.69 Å². The van der Waals surface area contributed by atoms with Gasteiger partial charge in [-0.2, -0.15) is 0 Å². The molecular weight excluding hydrogens is 372 g/mol. The summed E-state index contributed by atoms with van der Waals surface area (Å²) in [5.74, 6) is -2.46. The minimum absolute atomic E-state index is 0.0117. The fourth-order valence-corrected chi connectivity index (χ4v) is 3.75. The molecule has 0 saturated heterocycles. The number of anilines is 1. The predicted octanol–water partition coefficient (Wildman–Crippen LogP) is 2.55. The van der Waals surface area contributed by atoms with Gasteiger partial charge in [-0.15, -0.1) is 0 Å². The molecule has 2 rings (SSSR count). The van der Waals surface area contributed by atoms with Crippen LogP contribution in [-0.2, 0) is 15.8 Å². The van der Waals surface area contributed by atoms with Gasteiger partial charge in [0.15, 0.2) is 0 Å². The van der Waals surface area contributed by atoms with E-state index in [0.29, 0.717) is 11.3 Å². The first-order chi connectivity index (χ1) is 13.3. The number of aliphatic hydroxyl groups is 1. The molecule has 0 fully saturated rings. The molecular formula is C22H28N2O5. The average molecular weight is 400 g/mol. The second kappa shape index (κ2) is 7.85. The Balaban J connectivity index is 2.59. The smallest absolute Gasteiger partial charge is 0.335 e. The van der Waals surface area contributed by atoms with Crippen LogP contribution in [0.2, 0.25) is 0 Å². The van der Waals surface area contributed by atoms with E-state index in [0.717, 1.165) is 11.1 Å². The zero-order chi connectivity index (χ0) is 22.1. The summed E-state index contributed by atoms with van der Waals surface area (Å²) in [5, 5.41) is 30.3. The summed E-state index contributed by atoms with van der Waals surface area (Å²) in [6.07, 6.45) is -0.0117. The summed E-state index contributed by atoms with van der Waals surface area (Å²) in [6.45, 7) is 7.24. The lowest BCUT2D eigenvalue weighted by Gasteiger charge is -2.39. The van der Waals surface area contributed by atoms with Gasteiger partial charge in [0.05, 0.1) is 5.56 Å². The van der Waals surface area contributed by atoms with Gasteiger partial charge in [-0.3, -0.25) is 4.79 Å². The Labute approximate surface area is 170 Å². The standard InChI is InChI=1S/C22H28N2O5/c1-12-7-15(10-16(23)8-12)21(3,4)11-22(29,18(24)20(27)28)14-5-6-17(19(25)26)13(2)9-14/h5-10,18,29H,11,23-24H2,1-4H3,(H,25,26)(H,27,28). The summed E-state index contributed by atoms with van der Waals surface area (Å²) in [4.78, 5) is 23.0. The highest BCUT2D eigenvalue weighted by atomic mass is 16.4. The van der Waals surface area contributed by atoms with Crippen LogP contribution in [0.15, 0.2) is 36.4 Å². The van der Waals surface area contributed by atoms with Crippen molar-refractivity contribution in [3.8, 4) is 0 Å². The topological polar surface area (TPSA) is 147 Å². The fraction of sp³-hybridized carbons (Fsp3) is 0.364. The van der Waals surface area contributed by atoms with Gasteiger partial charge < -0.3 is 26.8 Å². The van der Waals surface area contributed by atoms with Gasteiger partial charge in [0.25, 0.3) is 0 Å². The van der Waals surface area contributed by atoms with Crippen LogP contribution >= 0.6 is 0 Å². The van der Waals surface area contributed by atoms with E-state index in [1.807, 2.05) is 32.9 Å². The van der Waals surface area contributed by atoms with Crippen molar-refractivity contribution in [3.63, 3.8) is 0 Å². The van der Waals surface area contributed by atoms with Crippen LogP contribution in [0.1, 0.15) is 52.9 Å². The first kappa shape index (κ1) is 22.4. The number of aromatic carboxylic acids is 1. The summed E-state index contributed by atoms with van der Waals surface area (Å²) >= 11 is 0. The van der Waals surface area contributed by atoms with Crippen LogP contribution in [0.25, 0.3) is 0 Å². The van der Waals surface area contributed by atoms with Gasteiger partial charge in [-0.1, -0.05) is 32.0 Å². The van der Waals surface area contributed by atoms with Crippen LogP contribution in [-0.4, -0.2) is 33.3 Å². The number of hydrogen-bond acceptors (Lipinski definition) is 5. The van der Waals surface area contributed by atoms with Crippen molar-refractivity contribution in [3.05, 3.63) is 64.2 Å². The highest BCUT2D eigenvalue weighted by Gasteiger charge is 2.45. The van der Waals surface area contributed by atoms with Crippen molar-refractivity contribution >= 4 is 17.6 Å². The molecule has 2 unspecified atom stereocenters. The molecule has 156 valence electrons. The molecule has 29 heavy (non-hydrogen) atoms. The molecule has 0 aliphatic heterocycles. The monoisotopic (exact) mass is 400 g/mol. The Morgan fingerprint density at radius 1 is 1.03 bits per heavy atom. The minimum atomic E-state index is -1.93. The largest absolute Gasteiger partial charge is 0.480 e. The molecule has 2 aromatic carbocycles. The van der Waals surface area contributed by atoms with Crippen molar-refractivity contribution in [1.82, 2.24) is 0 Å². The number of nitrogens with two attached hydrogens (primary N) is 2. The Bertz CT molecular complexity index is 934. The molecule has 0 radical (unpaired) electrons. The highest BCUT2D eigenvalue weighted by molar-refractivity contribution is 5.89. The number of aliphatic carboxylic acids is 1. The zero-order valence-electron chi connectivity index (χ0n) is 17.1. The summed E-state index contributed by atoms with van der Waals surface area (Å²) < 4.78 is 0. The first-order valence-corrected chi connectivity index (χ1v) is 9.21. The van der Waals surface area contributed by atoms with Crippen LogP contribution in [0, 0.1) is 13.8 Å². The maximum atomic E-state index is 11.7. The molecule has 0 aliphatic rings. The first-order valence-electron chi connectivity index (χ1n) is 9.21. The summed E-state index contributed by atoms with van der Waals surface area (Å²) in [7, 11) is 0. The number of carboxylic acids is 2. The number of aryl methyl sites for hydroxylation is 2. The van der Waals surface area contributed by atoms with E-state index in [1.165, 1.54) is 18.2 Å². The minimum Gasteiger partial charge on any atom is -0.480 e. The Hall–Kier alpha value is -2.90. The molecule has 2 aromatic rings. The normalized spacial score (nSPS) is 14.8. The van der Waals surface area contributed by atoms with E-state index in [4.69, 9.17) is 11.5 Å². The molecule has 0 saturated carbocycles. The number of nitrogen functional groups attached to an aromatic ring is 1.